The Morgan fingerprint density at radius 3 is 2.37 bits per heavy atom. The number of ether oxygens (including phenoxy) is 2. The largest absolute Gasteiger partial charge is 0.489 e. The molecule has 4 rings (SSSR count). The second-order valence-corrected chi connectivity index (χ2v) is 8.96. The highest BCUT2D eigenvalue weighted by Gasteiger charge is 2.12. The Morgan fingerprint density at radius 2 is 1.60 bits per heavy atom. The first-order valence-electron chi connectivity index (χ1n) is 11.0. The molecule has 0 amide bonds. The Balaban J connectivity index is 1.52. The van der Waals surface area contributed by atoms with E-state index in [2.05, 4.69) is 53.0 Å². The van der Waals surface area contributed by atoms with Gasteiger partial charge in [0.25, 0.3) is 0 Å². The molecule has 0 aliphatic heterocycles. The molecular formula is C29H23BrN2O3. The molecule has 4 aromatic rings. The van der Waals surface area contributed by atoms with E-state index in [0.717, 1.165) is 44.3 Å². The lowest BCUT2D eigenvalue weighted by Gasteiger charge is -2.16. The predicted octanol–water partition coefficient (Wildman–Crippen LogP) is 6.97. The highest BCUT2D eigenvalue weighted by atomic mass is 79.9. The normalized spacial score (nSPS) is 10.5. The van der Waals surface area contributed by atoms with Gasteiger partial charge in [0.2, 0.25) is 0 Å². The van der Waals surface area contributed by atoms with E-state index in [9.17, 15) is 4.79 Å². The third-order valence-corrected chi connectivity index (χ3v) is 6.62. The Hall–Kier alpha value is -3.95. The summed E-state index contributed by atoms with van der Waals surface area (Å²) in [6, 6.07) is 21.4. The van der Waals surface area contributed by atoms with Gasteiger partial charge in [0.15, 0.2) is 6.29 Å². The van der Waals surface area contributed by atoms with Gasteiger partial charge in [-0.1, -0.05) is 46.3 Å². The fourth-order valence-electron chi connectivity index (χ4n) is 3.80. The number of carbonyl (C=O) groups is 1. The van der Waals surface area contributed by atoms with Crippen LogP contribution in [0.15, 0.2) is 77.5 Å². The second kappa shape index (κ2) is 11.0. The Bertz CT molecular complexity index is 1430. The first-order chi connectivity index (χ1) is 17.0. The molecule has 6 heteroatoms. The minimum atomic E-state index is 0.195. The fraction of sp³-hybridized carbons (Fsp3) is 0.138. The zero-order valence-corrected chi connectivity index (χ0v) is 21.0. The fourth-order valence-corrected chi connectivity index (χ4v) is 4.17. The highest BCUT2D eigenvalue weighted by molar-refractivity contribution is 9.10. The maximum atomic E-state index is 11.5. The van der Waals surface area contributed by atoms with Gasteiger partial charge in [-0.05, 0) is 72.0 Å². The average molecular weight is 527 g/mol. The lowest BCUT2D eigenvalue weighted by Crippen LogP contribution is -2.02. The standard InChI is InChI=1S/C29H23BrN2O3/c1-19-25(5-3-7-27(19)30)26-6-4-8-28(20(26)2)34-17-21-9-10-24(16-33)29(12-21)35-18-23-11-22(13-31)14-32-15-23/h3-12,14-16H,17-18H2,1-2H3. The molecule has 0 atom stereocenters. The number of halogens is 1. The van der Waals surface area contributed by atoms with Crippen molar-refractivity contribution in [3.8, 4) is 28.7 Å². The molecule has 0 bridgehead atoms. The van der Waals surface area contributed by atoms with Gasteiger partial charge < -0.3 is 9.47 Å². The molecule has 174 valence electrons. The zero-order chi connectivity index (χ0) is 24.8. The molecule has 0 saturated carbocycles. The molecule has 0 unspecified atom stereocenters. The zero-order valence-electron chi connectivity index (χ0n) is 19.4. The van der Waals surface area contributed by atoms with Crippen molar-refractivity contribution in [2.75, 3.05) is 0 Å². The Kier molecular flexibility index (Phi) is 7.59. The van der Waals surface area contributed by atoms with Crippen LogP contribution in [-0.4, -0.2) is 11.3 Å². The number of aromatic nitrogens is 1. The second-order valence-electron chi connectivity index (χ2n) is 8.10. The van der Waals surface area contributed by atoms with Crippen LogP contribution in [-0.2, 0) is 13.2 Å². The lowest BCUT2D eigenvalue weighted by molar-refractivity contribution is 0.111. The van der Waals surface area contributed by atoms with Gasteiger partial charge in [-0.2, -0.15) is 5.26 Å². The van der Waals surface area contributed by atoms with Crippen molar-refractivity contribution in [2.24, 2.45) is 0 Å². The molecule has 0 fully saturated rings. The van der Waals surface area contributed by atoms with Crippen LogP contribution in [0.4, 0.5) is 0 Å². The number of nitrogens with zero attached hydrogens (tertiary/aromatic N) is 2. The molecule has 0 aliphatic carbocycles. The molecule has 1 aromatic heterocycles. The summed E-state index contributed by atoms with van der Waals surface area (Å²) in [6.07, 6.45) is 3.89. The average Bonchev–Trinajstić information content (AvgIpc) is 2.89. The number of carbonyl (C=O) groups excluding carboxylic acids is 1. The summed E-state index contributed by atoms with van der Waals surface area (Å²) >= 11 is 3.62. The van der Waals surface area contributed by atoms with Crippen molar-refractivity contribution in [2.45, 2.75) is 27.1 Å². The van der Waals surface area contributed by atoms with E-state index in [1.54, 1.807) is 18.3 Å². The van der Waals surface area contributed by atoms with E-state index in [1.807, 2.05) is 36.4 Å². The molecule has 0 saturated heterocycles. The highest BCUT2D eigenvalue weighted by Crippen LogP contribution is 2.35. The van der Waals surface area contributed by atoms with Crippen LogP contribution in [0.3, 0.4) is 0 Å². The lowest BCUT2D eigenvalue weighted by atomic mass is 9.96. The van der Waals surface area contributed by atoms with Crippen LogP contribution in [0.5, 0.6) is 11.5 Å². The first kappa shape index (κ1) is 24.2. The number of rotatable bonds is 8. The predicted molar refractivity (Wildman–Crippen MR) is 138 cm³/mol. The van der Waals surface area contributed by atoms with E-state index in [0.29, 0.717) is 23.5 Å². The molecule has 0 radical (unpaired) electrons. The minimum absolute atomic E-state index is 0.195. The van der Waals surface area contributed by atoms with E-state index < -0.39 is 0 Å². The summed E-state index contributed by atoms with van der Waals surface area (Å²) in [5, 5.41) is 9.05. The molecule has 0 aliphatic rings. The third-order valence-electron chi connectivity index (χ3n) is 5.76. The van der Waals surface area contributed by atoms with Crippen LogP contribution in [0.25, 0.3) is 11.1 Å². The summed E-state index contributed by atoms with van der Waals surface area (Å²) in [5.74, 6) is 1.25. The number of hydrogen-bond acceptors (Lipinski definition) is 5. The maximum Gasteiger partial charge on any atom is 0.153 e. The van der Waals surface area contributed by atoms with Gasteiger partial charge in [0, 0.05) is 22.4 Å². The molecular weight excluding hydrogens is 504 g/mol. The van der Waals surface area contributed by atoms with E-state index in [-0.39, 0.29) is 6.61 Å². The van der Waals surface area contributed by atoms with Crippen LogP contribution < -0.4 is 9.47 Å². The summed E-state index contributed by atoms with van der Waals surface area (Å²) in [4.78, 5) is 15.6. The van der Waals surface area contributed by atoms with Crippen LogP contribution in [0, 0.1) is 25.2 Å². The van der Waals surface area contributed by atoms with Crippen molar-refractivity contribution in [3.63, 3.8) is 0 Å². The van der Waals surface area contributed by atoms with E-state index >= 15 is 0 Å². The summed E-state index contributed by atoms with van der Waals surface area (Å²) in [6.45, 7) is 4.66. The summed E-state index contributed by atoms with van der Waals surface area (Å²) in [7, 11) is 0. The number of benzene rings is 3. The van der Waals surface area contributed by atoms with Gasteiger partial charge >= 0.3 is 0 Å². The monoisotopic (exact) mass is 526 g/mol. The maximum absolute atomic E-state index is 11.5. The van der Waals surface area contributed by atoms with Crippen molar-refractivity contribution in [1.29, 1.82) is 5.26 Å². The van der Waals surface area contributed by atoms with Gasteiger partial charge in [-0.3, -0.25) is 9.78 Å². The Labute approximate surface area is 213 Å². The van der Waals surface area contributed by atoms with Gasteiger partial charge in [-0.15, -0.1) is 0 Å². The van der Waals surface area contributed by atoms with Gasteiger partial charge in [-0.25, -0.2) is 0 Å². The van der Waals surface area contributed by atoms with Crippen molar-refractivity contribution < 1.29 is 14.3 Å². The summed E-state index contributed by atoms with van der Waals surface area (Å²) < 4.78 is 13.1. The third kappa shape index (κ3) is 5.59. The number of nitriles is 1. The van der Waals surface area contributed by atoms with Crippen LogP contribution >= 0.6 is 15.9 Å². The molecule has 0 N–H and O–H groups in total. The van der Waals surface area contributed by atoms with Crippen molar-refractivity contribution in [3.05, 3.63) is 111 Å². The number of pyridine rings is 1. The Morgan fingerprint density at radius 1 is 0.886 bits per heavy atom. The topological polar surface area (TPSA) is 72.2 Å². The van der Waals surface area contributed by atoms with E-state index in [4.69, 9.17) is 14.7 Å². The van der Waals surface area contributed by atoms with E-state index in [1.165, 1.54) is 11.8 Å². The molecule has 3 aromatic carbocycles. The number of aldehydes is 1. The summed E-state index contributed by atoms with van der Waals surface area (Å²) in [5.41, 5.74) is 7.03. The SMILES string of the molecule is Cc1c(Br)cccc1-c1cccc(OCc2ccc(C=O)c(OCc3cncc(C#N)c3)c2)c1C. The number of hydrogen-bond donors (Lipinski definition) is 0. The molecule has 1 heterocycles. The van der Waals surface area contributed by atoms with Crippen LogP contribution in [0.1, 0.15) is 38.2 Å². The van der Waals surface area contributed by atoms with Crippen molar-refractivity contribution >= 4 is 22.2 Å². The molecule has 0 spiro atoms. The quantitative estimate of drug-likeness (QED) is 0.232. The van der Waals surface area contributed by atoms with Gasteiger partial charge in [0.05, 0.1) is 11.1 Å². The minimum Gasteiger partial charge on any atom is -0.489 e. The smallest absolute Gasteiger partial charge is 0.153 e. The molecule has 35 heavy (non-hydrogen) atoms. The van der Waals surface area contributed by atoms with Crippen LogP contribution in [0.2, 0.25) is 0 Å². The first-order valence-corrected chi connectivity index (χ1v) is 11.8. The van der Waals surface area contributed by atoms with Gasteiger partial charge in [0.1, 0.15) is 30.8 Å². The van der Waals surface area contributed by atoms with Crippen molar-refractivity contribution in [1.82, 2.24) is 4.98 Å². The molecule has 5 nitrogen and oxygen atoms in total.